The van der Waals surface area contributed by atoms with Gasteiger partial charge >= 0.3 is 0 Å². The summed E-state index contributed by atoms with van der Waals surface area (Å²) in [4.78, 5) is 16.8. The number of anilines is 3. The van der Waals surface area contributed by atoms with Crippen LogP contribution in [0.15, 0.2) is 60.9 Å². The summed E-state index contributed by atoms with van der Waals surface area (Å²) >= 11 is 0. The minimum Gasteiger partial charge on any atom is -0.497 e. The minimum absolute atomic E-state index is 0.261. The lowest BCUT2D eigenvalue weighted by Gasteiger charge is -2.13. The maximum Gasteiger partial charge on any atom is 0.257 e. The van der Waals surface area contributed by atoms with Gasteiger partial charge in [-0.1, -0.05) is 0 Å². The molecule has 3 aromatic rings. The number of carbonyl (C=O) groups excluding carboxylic acids is 1. The van der Waals surface area contributed by atoms with E-state index >= 15 is 0 Å². The highest BCUT2D eigenvalue weighted by Gasteiger charge is 2.10. The monoisotopic (exact) mass is 393 g/mol. The van der Waals surface area contributed by atoms with Gasteiger partial charge in [-0.15, -0.1) is 0 Å². The van der Waals surface area contributed by atoms with Crippen molar-refractivity contribution in [3.8, 4) is 17.2 Å². The van der Waals surface area contributed by atoms with Crippen LogP contribution in [0, 0.1) is 0 Å². The second kappa shape index (κ2) is 9.45. The van der Waals surface area contributed by atoms with E-state index in [1.165, 1.54) is 6.20 Å². The zero-order valence-corrected chi connectivity index (χ0v) is 16.6. The summed E-state index contributed by atoms with van der Waals surface area (Å²) in [7, 11) is 3.19. The average molecular weight is 393 g/mol. The van der Waals surface area contributed by atoms with Crippen LogP contribution in [0.2, 0.25) is 0 Å². The number of nitrogens with zero attached hydrogens (tertiary/aromatic N) is 1. The fourth-order valence-electron chi connectivity index (χ4n) is 2.70. The fourth-order valence-corrected chi connectivity index (χ4v) is 2.70. The van der Waals surface area contributed by atoms with Crippen molar-refractivity contribution in [2.45, 2.75) is 6.92 Å². The largest absolute Gasteiger partial charge is 0.497 e. The van der Waals surface area contributed by atoms with E-state index in [0.717, 1.165) is 5.75 Å². The number of aromatic nitrogens is 1. The Morgan fingerprint density at radius 3 is 2.38 bits per heavy atom. The van der Waals surface area contributed by atoms with Crippen molar-refractivity contribution >= 4 is 23.0 Å². The van der Waals surface area contributed by atoms with Gasteiger partial charge in [0.05, 0.1) is 44.0 Å². The van der Waals surface area contributed by atoms with Crippen LogP contribution in [0.3, 0.4) is 0 Å². The molecule has 0 fully saturated rings. The maximum atomic E-state index is 12.6. The molecule has 0 atom stereocenters. The van der Waals surface area contributed by atoms with Gasteiger partial charge in [0.15, 0.2) is 0 Å². The molecule has 1 heterocycles. The smallest absolute Gasteiger partial charge is 0.257 e. The highest BCUT2D eigenvalue weighted by molar-refractivity contribution is 6.04. The zero-order chi connectivity index (χ0) is 20.6. The normalized spacial score (nSPS) is 10.2. The fraction of sp³-hybridized carbons (Fsp3) is 0.182. The molecule has 0 unspecified atom stereocenters. The van der Waals surface area contributed by atoms with E-state index in [-0.39, 0.29) is 5.91 Å². The van der Waals surface area contributed by atoms with E-state index in [1.54, 1.807) is 44.7 Å². The Morgan fingerprint density at radius 1 is 0.931 bits per heavy atom. The number of ether oxygens (including phenoxy) is 3. The van der Waals surface area contributed by atoms with Gasteiger partial charge < -0.3 is 24.8 Å². The van der Waals surface area contributed by atoms with E-state index in [2.05, 4.69) is 15.6 Å². The predicted octanol–water partition coefficient (Wildman–Crippen LogP) is 4.49. The molecule has 0 radical (unpaired) electrons. The summed E-state index contributed by atoms with van der Waals surface area (Å²) in [5.74, 6) is 1.83. The molecule has 3 rings (SSSR count). The lowest BCUT2D eigenvalue weighted by molar-refractivity contribution is 0.102. The van der Waals surface area contributed by atoms with Crippen molar-refractivity contribution in [3.05, 3.63) is 66.5 Å². The topological polar surface area (TPSA) is 81.7 Å². The van der Waals surface area contributed by atoms with Crippen LogP contribution in [0.5, 0.6) is 17.2 Å². The number of rotatable bonds is 8. The van der Waals surface area contributed by atoms with E-state index in [0.29, 0.717) is 40.7 Å². The second-order valence-electron chi connectivity index (χ2n) is 6.07. The summed E-state index contributed by atoms with van der Waals surface area (Å²) in [6, 6.07) is 14.3. The molecular weight excluding hydrogens is 370 g/mol. The molecule has 0 aliphatic rings. The number of nitrogens with one attached hydrogen (secondary N) is 2. The molecular formula is C22H23N3O4. The highest BCUT2D eigenvalue weighted by Crippen LogP contribution is 2.31. The third kappa shape index (κ3) is 5.16. The molecule has 7 nitrogen and oxygen atoms in total. The first-order valence-corrected chi connectivity index (χ1v) is 9.11. The third-order valence-electron chi connectivity index (χ3n) is 4.11. The maximum absolute atomic E-state index is 12.6. The highest BCUT2D eigenvalue weighted by atomic mass is 16.5. The van der Waals surface area contributed by atoms with E-state index in [1.807, 2.05) is 31.2 Å². The Hall–Kier alpha value is -3.74. The number of carbonyl (C=O) groups is 1. The summed E-state index contributed by atoms with van der Waals surface area (Å²) in [6.07, 6.45) is 3.14. The lowest BCUT2D eigenvalue weighted by atomic mass is 10.2. The first-order chi connectivity index (χ1) is 14.1. The molecule has 2 aromatic carbocycles. The van der Waals surface area contributed by atoms with Gasteiger partial charge in [0.2, 0.25) is 0 Å². The van der Waals surface area contributed by atoms with Gasteiger partial charge in [-0.25, -0.2) is 0 Å². The van der Waals surface area contributed by atoms with E-state index < -0.39 is 0 Å². The summed E-state index contributed by atoms with van der Waals surface area (Å²) in [6.45, 7) is 2.51. The van der Waals surface area contributed by atoms with Gasteiger partial charge in [0, 0.05) is 18.0 Å². The molecule has 1 amide bonds. The van der Waals surface area contributed by atoms with Gasteiger partial charge in [-0.3, -0.25) is 9.78 Å². The quantitative estimate of drug-likeness (QED) is 0.587. The average Bonchev–Trinajstić information content (AvgIpc) is 2.75. The van der Waals surface area contributed by atoms with Crippen LogP contribution in [-0.2, 0) is 0 Å². The molecule has 0 aliphatic heterocycles. The number of hydrogen-bond acceptors (Lipinski definition) is 6. The summed E-state index contributed by atoms with van der Waals surface area (Å²) < 4.78 is 16.0. The lowest BCUT2D eigenvalue weighted by Crippen LogP contribution is -2.12. The Morgan fingerprint density at radius 2 is 1.69 bits per heavy atom. The van der Waals surface area contributed by atoms with Crippen molar-refractivity contribution in [1.29, 1.82) is 0 Å². The van der Waals surface area contributed by atoms with Crippen LogP contribution in [0.25, 0.3) is 0 Å². The van der Waals surface area contributed by atoms with Gasteiger partial charge in [-0.2, -0.15) is 0 Å². The van der Waals surface area contributed by atoms with E-state index in [4.69, 9.17) is 14.2 Å². The zero-order valence-electron chi connectivity index (χ0n) is 16.6. The van der Waals surface area contributed by atoms with Crippen LogP contribution >= 0.6 is 0 Å². The van der Waals surface area contributed by atoms with Crippen LogP contribution in [0.4, 0.5) is 17.1 Å². The van der Waals surface area contributed by atoms with Crippen LogP contribution in [-0.4, -0.2) is 31.7 Å². The Bertz CT molecular complexity index is 974. The predicted molar refractivity (Wildman–Crippen MR) is 113 cm³/mol. The summed E-state index contributed by atoms with van der Waals surface area (Å²) in [5, 5.41) is 6.07. The Balaban J connectivity index is 1.74. The molecule has 0 aliphatic carbocycles. The van der Waals surface area contributed by atoms with Gasteiger partial charge in [-0.05, 0) is 49.4 Å². The van der Waals surface area contributed by atoms with Crippen molar-refractivity contribution < 1.29 is 19.0 Å². The van der Waals surface area contributed by atoms with Gasteiger partial charge in [0.25, 0.3) is 5.91 Å². The van der Waals surface area contributed by atoms with Crippen molar-refractivity contribution in [3.63, 3.8) is 0 Å². The van der Waals surface area contributed by atoms with Crippen LogP contribution < -0.4 is 24.8 Å². The van der Waals surface area contributed by atoms with Crippen molar-refractivity contribution in [2.75, 3.05) is 31.5 Å². The molecule has 0 bridgehead atoms. The van der Waals surface area contributed by atoms with Crippen LogP contribution in [0.1, 0.15) is 17.3 Å². The molecule has 150 valence electrons. The first-order valence-electron chi connectivity index (χ1n) is 9.11. The number of amides is 1. The number of hydrogen-bond donors (Lipinski definition) is 2. The number of methoxy groups -OCH3 is 2. The minimum atomic E-state index is -0.261. The third-order valence-corrected chi connectivity index (χ3v) is 4.11. The molecule has 29 heavy (non-hydrogen) atoms. The molecule has 0 spiro atoms. The number of pyridine rings is 1. The first kappa shape index (κ1) is 20.0. The van der Waals surface area contributed by atoms with Gasteiger partial charge in [0.1, 0.15) is 17.2 Å². The summed E-state index contributed by atoms with van der Waals surface area (Å²) in [5.41, 5.74) is 2.45. The second-order valence-corrected chi connectivity index (χ2v) is 6.07. The van der Waals surface area contributed by atoms with Crippen molar-refractivity contribution in [2.24, 2.45) is 0 Å². The Labute approximate surface area is 169 Å². The molecule has 0 saturated heterocycles. The van der Waals surface area contributed by atoms with Crippen molar-refractivity contribution in [1.82, 2.24) is 4.98 Å². The van der Waals surface area contributed by atoms with E-state index in [9.17, 15) is 4.79 Å². The molecule has 7 heteroatoms. The number of benzene rings is 2. The Kier molecular flexibility index (Phi) is 6.52. The molecule has 2 N–H and O–H groups in total. The molecule has 0 saturated carbocycles. The SMILES string of the molecule is CCOc1ccc(NC(=O)c2cncc(Nc3cc(OC)ccc3OC)c2)cc1. The molecule has 1 aromatic heterocycles. The standard InChI is InChI=1S/C22H23N3O4/c1-4-29-18-7-5-16(6-8-18)25-22(26)15-11-17(14-23-13-15)24-20-12-19(27-2)9-10-21(20)28-3/h5-14,24H,4H2,1-3H3,(H,25,26).